The van der Waals surface area contributed by atoms with Crippen molar-refractivity contribution in [1.29, 1.82) is 0 Å². The lowest BCUT2D eigenvalue weighted by Crippen LogP contribution is -2.34. The minimum atomic E-state index is -0.996. The fraction of sp³-hybridized carbons (Fsp3) is 0.250. The largest absolute Gasteiger partial charge is 0.465 e. The maximum atomic E-state index is 11.4. The van der Waals surface area contributed by atoms with Crippen molar-refractivity contribution in [3.05, 3.63) is 42.1 Å². The van der Waals surface area contributed by atoms with E-state index in [1.807, 2.05) is 24.3 Å². The summed E-state index contributed by atoms with van der Waals surface area (Å²) in [5.41, 5.74) is 8.24. The van der Waals surface area contributed by atoms with Crippen LogP contribution >= 0.6 is 0 Å². The van der Waals surface area contributed by atoms with E-state index >= 15 is 0 Å². The molecular formula is C16H17N3O3. The zero-order valence-corrected chi connectivity index (χ0v) is 12.0. The first-order valence-electron chi connectivity index (χ1n) is 7.15. The lowest BCUT2D eigenvalue weighted by atomic mass is 9.89. The van der Waals surface area contributed by atoms with Gasteiger partial charge in [-0.25, -0.2) is 9.59 Å². The average Bonchev–Trinajstić information content (AvgIpc) is 2.90. The topological polar surface area (TPSA) is 97.4 Å². The first-order chi connectivity index (χ1) is 10.6. The van der Waals surface area contributed by atoms with E-state index in [-0.39, 0.29) is 6.04 Å². The molecule has 3 rings (SSSR count). The van der Waals surface area contributed by atoms with Gasteiger partial charge in [-0.15, -0.1) is 0 Å². The van der Waals surface area contributed by atoms with Crippen molar-refractivity contribution in [2.75, 3.05) is 0 Å². The standard InChI is InChI=1S/C16H17N3O3/c17-15(20)19-8-7-13-12(5-2-6-14(13)19)10-3-1-4-11(9-10)18-16(21)22/h2-3,5-8,11,18H,1,4,9H2,(H2,17,20)(H,21,22). The monoisotopic (exact) mass is 299 g/mol. The molecule has 114 valence electrons. The first-order valence-corrected chi connectivity index (χ1v) is 7.15. The van der Waals surface area contributed by atoms with Crippen molar-refractivity contribution >= 4 is 28.6 Å². The van der Waals surface area contributed by atoms with Gasteiger partial charge in [0.15, 0.2) is 0 Å². The van der Waals surface area contributed by atoms with E-state index in [0.717, 1.165) is 34.9 Å². The van der Waals surface area contributed by atoms with Crippen LogP contribution in [0.1, 0.15) is 24.8 Å². The molecule has 6 nitrogen and oxygen atoms in total. The first kappa shape index (κ1) is 14.2. The minimum Gasteiger partial charge on any atom is -0.465 e. The zero-order chi connectivity index (χ0) is 15.7. The van der Waals surface area contributed by atoms with Crippen LogP contribution in [0.4, 0.5) is 9.59 Å². The molecule has 0 saturated carbocycles. The Balaban J connectivity index is 1.98. The molecule has 0 spiro atoms. The van der Waals surface area contributed by atoms with Crippen molar-refractivity contribution in [1.82, 2.24) is 9.88 Å². The van der Waals surface area contributed by atoms with Crippen LogP contribution < -0.4 is 11.1 Å². The second kappa shape index (κ2) is 5.55. The van der Waals surface area contributed by atoms with Crippen LogP contribution in [0.25, 0.3) is 16.5 Å². The Bertz CT molecular complexity index is 776. The van der Waals surface area contributed by atoms with E-state index in [1.165, 1.54) is 4.57 Å². The van der Waals surface area contributed by atoms with E-state index in [2.05, 4.69) is 11.4 Å². The number of amides is 2. The van der Waals surface area contributed by atoms with Crippen LogP contribution in [-0.2, 0) is 0 Å². The summed E-state index contributed by atoms with van der Waals surface area (Å²) in [5.74, 6) is 0. The quantitative estimate of drug-likeness (QED) is 0.795. The predicted octanol–water partition coefficient (Wildman–Crippen LogP) is 2.77. The predicted molar refractivity (Wildman–Crippen MR) is 83.7 cm³/mol. The molecule has 2 amide bonds. The molecule has 22 heavy (non-hydrogen) atoms. The van der Waals surface area contributed by atoms with Crippen LogP contribution in [0.3, 0.4) is 0 Å². The minimum absolute atomic E-state index is 0.0778. The highest BCUT2D eigenvalue weighted by atomic mass is 16.4. The smallest absolute Gasteiger partial charge is 0.404 e. The fourth-order valence-corrected chi connectivity index (χ4v) is 3.07. The van der Waals surface area contributed by atoms with Gasteiger partial charge in [0.05, 0.1) is 5.52 Å². The third-order valence-electron chi connectivity index (χ3n) is 4.02. The van der Waals surface area contributed by atoms with Gasteiger partial charge < -0.3 is 16.2 Å². The summed E-state index contributed by atoms with van der Waals surface area (Å²) >= 11 is 0. The molecule has 0 bridgehead atoms. The van der Waals surface area contributed by atoms with Crippen LogP contribution in [0.15, 0.2) is 36.5 Å². The molecule has 4 N–H and O–H groups in total. The van der Waals surface area contributed by atoms with E-state index in [1.54, 1.807) is 6.20 Å². The molecule has 1 aliphatic carbocycles. The lowest BCUT2D eigenvalue weighted by molar-refractivity contribution is 0.189. The molecule has 0 saturated heterocycles. The number of aromatic nitrogens is 1. The van der Waals surface area contributed by atoms with Crippen molar-refractivity contribution in [2.24, 2.45) is 5.73 Å². The number of primary amides is 1. The normalized spacial score (nSPS) is 18.0. The Morgan fingerprint density at radius 1 is 1.32 bits per heavy atom. The SMILES string of the molecule is NC(=O)n1ccc2c(C3=CCCC(NC(=O)O)C3)cccc21. The van der Waals surface area contributed by atoms with Gasteiger partial charge in [0.1, 0.15) is 0 Å². The summed E-state index contributed by atoms with van der Waals surface area (Å²) in [6, 6.07) is 6.99. The number of hydrogen-bond acceptors (Lipinski definition) is 2. The summed E-state index contributed by atoms with van der Waals surface area (Å²) in [6.07, 6.45) is 5.07. The number of carbonyl (C=O) groups is 2. The molecule has 2 aromatic rings. The molecule has 1 aliphatic rings. The number of nitrogens with zero attached hydrogens (tertiary/aromatic N) is 1. The van der Waals surface area contributed by atoms with Gasteiger partial charge in [-0.3, -0.25) is 4.57 Å². The van der Waals surface area contributed by atoms with Crippen LogP contribution in [0.2, 0.25) is 0 Å². The molecule has 1 aromatic heterocycles. The second-order valence-electron chi connectivity index (χ2n) is 5.42. The number of rotatable bonds is 2. The summed E-state index contributed by atoms with van der Waals surface area (Å²) in [7, 11) is 0. The van der Waals surface area contributed by atoms with Crippen molar-refractivity contribution in [3.8, 4) is 0 Å². The molecule has 0 aliphatic heterocycles. The molecule has 1 aromatic carbocycles. The van der Waals surface area contributed by atoms with E-state index in [9.17, 15) is 9.59 Å². The summed E-state index contributed by atoms with van der Waals surface area (Å²) < 4.78 is 1.41. The summed E-state index contributed by atoms with van der Waals surface area (Å²) in [5, 5.41) is 12.4. The van der Waals surface area contributed by atoms with Gasteiger partial charge in [0, 0.05) is 17.6 Å². The number of fused-ring (bicyclic) bond motifs is 1. The second-order valence-corrected chi connectivity index (χ2v) is 5.42. The molecule has 1 atom stereocenters. The van der Waals surface area contributed by atoms with Gasteiger partial charge in [-0.1, -0.05) is 18.2 Å². The summed E-state index contributed by atoms with van der Waals surface area (Å²) in [6.45, 7) is 0. The lowest BCUT2D eigenvalue weighted by Gasteiger charge is -2.23. The highest BCUT2D eigenvalue weighted by Gasteiger charge is 2.20. The third kappa shape index (κ3) is 2.55. The van der Waals surface area contributed by atoms with Gasteiger partial charge in [-0.2, -0.15) is 0 Å². The maximum absolute atomic E-state index is 11.4. The number of nitrogens with two attached hydrogens (primary N) is 1. The van der Waals surface area contributed by atoms with Crippen LogP contribution in [0.5, 0.6) is 0 Å². The molecular weight excluding hydrogens is 282 g/mol. The van der Waals surface area contributed by atoms with Gasteiger partial charge in [0.25, 0.3) is 0 Å². The molecule has 1 heterocycles. The number of benzene rings is 1. The average molecular weight is 299 g/mol. The number of hydrogen-bond donors (Lipinski definition) is 3. The van der Waals surface area contributed by atoms with Crippen molar-refractivity contribution in [3.63, 3.8) is 0 Å². The number of allylic oxidation sites excluding steroid dienone is 1. The Labute approximate surface area is 127 Å². The van der Waals surface area contributed by atoms with Gasteiger partial charge in [0.2, 0.25) is 0 Å². The van der Waals surface area contributed by atoms with E-state index in [0.29, 0.717) is 6.42 Å². The third-order valence-corrected chi connectivity index (χ3v) is 4.02. The highest BCUT2D eigenvalue weighted by Crippen LogP contribution is 2.32. The molecule has 1 unspecified atom stereocenters. The van der Waals surface area contributed by atoms with Crippen molar-refractivity contribution in [2.45, 2.75) is 25.3 Å². The van der Waals surface area contributed by atoms with Crippen molar-refractivity contribution < 1.29 is 14.7 Å². The molecule has 0 fully saturated rings. The molecule has 0 radical (unpaired) electrons. The van der Waals surface area contributed by atoms with E-state index < -0.39 is 12.1 Å². The Morgan fingerprint density at radius 2 is 2.14 bits per heavy atom. The Kier molecular flexibility index (Phi) is 3.58. The van der Waals surface area contributed by atoms with Crippen LogP contribution in [0, 0.1) is 0 Å². The molecule has 6 heteroatoms. The fourth-order valence-electron chi connectivity index (χ4n) is 3.07. The highest BCUT2D eigenvalue weighted by molar-refractivity contribution is 5.97. The number of carboxylic acid groups (broad SMARTS) is 1. The number of nitrogens with one attached hydrogen (secondary N) is 1. The number of carbonyl (C=O) groups excluding carboxylic acids is 1. The van der Waals surface area contributed by atoms with Gasteiger partial charge in [-0.05, 0) is 42.5 Å². The maximum Gasteiger partial charge on any atom is 0.404 e. The summed E-state index contributed by atoms with van der Waals surface area (Å²) in [4.78, 5) is 22.2. The van der Waals surface area contributed by atoms with Crippen LogP contribution in [-0.4, -0.2) is 27.8 Å². The van der Waals surface area contributed by atoms with Gasteiger partial charge >= 0.3 is 12.1 Å². The Hall–Kier alpha value is -2.76. The van der Waals surface area contributed by atoms with E-state index in [4.69, 9.17) is 10.8 Å². The zero-order valence-electron chi connectivity index (χ0n) is 12.0. The Morgan fingerprint density at radius 3 is 2.86 bits per heavy atom.